The molecule has 0 saturated heterocycles. The highest BCUT2D eigenvalue weighted by molar-refractivity contribution is 9.10. The average Bonchev–Trinajstić information content (AvgIpc) is 2.99. The van der Waals surface area contributed by atoms with Crippen molar-refractivity contribution in [3.63, 3.8) is 0 Å². The first-order chi connectivity index (χ1) is 14.6. The predicted molar refractivity (Wildman–Crippen MR) is 133 cm³/mol. The summed E-state index contributed by atoms with van der Waals surface area (Å²) in [7, 11) is 1.47. The van der Waals surface area contributed by atoms with Crippen LogP contribution < -0.4 is 4.74 Å². The third-order valence-electron chi connectivity index (χ3n) is 4.45. The molecule has 2 heterocycles. The molecular formula is C20H10BrCl6N3O. The zero-order valence-corrected chi connectivity index (χ0v) is 21.6. The molecule has 0 radical (unpaired) electrons. The highest BCUT2D eigenvalue weighted by Gasteiger charge is 2.32. The lowest BCUT2D eigenvalue weighted by Crippen LogP contribution is -2.10. The lowest BCUT2D eigenvalue weighted by atomic mass is 10.1. The van der Waals surface area contributed by atoms with E-state index in [1.165, 1.54) is 7.11 Å². The molecule has 4 aromatic rings. The van der Waals surface area contributed by atoms with Crippen LogP contribution in [0, 0.1) is 0 Å². The zero-order chi connectivity index (χ0) is 22.5. The summed E-state index contributed by atoms with van der Waals surface area (Å²) in [6, 6.07) is 12.6. The predicted octanol–water partition coefficient (Wildman–Crippen LogP) is 8.65. The van der Waals surface area contributed by atoms with Crippen molar-refractivity contribution in [1.29, 1.82) is 0 Å². The minimum absolute atomic E-state index is 0.0651. The molecule has 0 aliphatic heterocycles. The Bertz CT molecular complexity index is 1300. The maximum absolute atomic E-state index is 6.91. The van der Waals surface area contributed by atoms with Crippen LogP contribution in [0.2, 0.25) is 15.2 Å². The van der Waals surface area contributed by atoms with Crippen LogP contribution in [0.4, 0.5) is 0 Å². The van der Waals surface area contributed by atoms with Crippen molar-refractivity contribution < 1.29 is 4.74 Å². The van der Waals surface area contributed by atoms with E-state index in [0.29, 0.717) is 37.5 Å². The van der Waals surface area contributed by atoms with Crippen molar-refractivity contribution in [3.05, 3.63) is 68.0 Å². The summed E-state index contributed by atoms with van der Waals surface area (Å²) < 4.78 is 6.22. The van der Waals surface area contributed by atoms with E-state index in [1.54, 1.807) is 22.8 Å². The largest absolute Gasteiger partial charge is 0.480 e. The van der Waals surface area contributed by atoms with Gasteiger partial charge in [-0.05, 0) is 35.9 Å². The van der Waals surface area contributed by atoms with E-state index in [-0.39, 0.29) is 11.7 Å². The molecule has 0 bridgehead atoms. The first-order valence-electron chi connectivity index (χ1n) is 8.56. The molecule has 11 heteroatoms. The van der Waals surface area contributed by atoms with Crippen LogP contribution in [0.25, 0.3) is 27.8 Å². The molecule has 31 heavy (non-hydrogen) atoms. The third-order valence-corrected chi connectivity index (χ3v) is 6.38. The quantitative estimate of drug-likeness (QED) is 0.221. The van der Waals surface area contributed by atoms with Gasteiger partial charge in [0.25, 0.3) is 0 Å². The van der Waals surface area contributed by atoms with Gasteiger partial charge in [0.1, 0.15) is 5.15 Å². The first kappa shape index (κ1) is 23.2. The van der Waals surface area contributed by atoms with Crippen molar-refractivity contribution in [1.82, 2.24) is 14.5 Å². The van der Waals surface area contributed by atoms with Crippen LogP contribution in [0.15, 0.2) is 46.9 Å². The van der Waals surface area contributed by atoms with Gasteiger partial charge in [0.05, 0.1) is 23.2 Å². The summed E-state index contributed by atoms with van der Waals surface area (Å²) in [5, 5.41) is 1.71. The summed E-state index contributed by atoms with van der Waals surface area (Å²) in [4.78, 5) is 8.82. The molecule has 0 atom stereocenters. The van der Waals surface area contributed by atoms with Gasteiger partial charge in [-0.1, -0.05) is 97.7 Å². The molecule has 0 unspecified atom stereocenters. The number of alkyl halides is 3. The Morgan fingerprint density at radius 1 is 0.968 bits per heavy atom. The minimum atomic E-state index is -1.88. The molecule has 4 rings (SSSR count). The molecular weight excluding hydrogens is 591 g/mol. The second-order valence-corrected chi connectivity index (χ2v) is 10.8. The monoisotopic (exact) mass is 597 g/mol. The van der Waals surface area contributed by atoms with Crippen LogP contribution in [0.3, 0.4) is 0 Å². The lowest BCUT2D eigenvalue weighted by molar-refractivity contribution is 0.401. The van der Waals surface area contributed by atoms with Crippen molar-refractivity contribution in [3.8, 4) is 22.7 Å². The van der Waals surface area contributed by atoms with E-state index >= 15 is 0 Å². The van der Waals surface area contributed by atoms with Gasteiger partial charge in [-0.3, -0.25) is 4.57 Å². The Balaban J connectivity index is 2.18. The van der Waals surface area contributed by atoms with E-state index in [2.05, 4.69) is 25.9 Å². The number of aromatic nitrogens is 3. The van der Waals surface area contributed by atoms with E-state index in [0.717, 1.165) is 10.0 Å². The van der Waals surface area contributed by atoms with Gasteiger partial charge in [-0.15, -0.1) is 0 Å². The third kappa shape index (κ3) is 4.34. The molecule has 0 N–H and O–H groups in total. The maximum Gasteiger partial charge on any atom is 0.250 e. The standard InChI is InChI=1S/C20H10BrCl6N3O/c1-31-18-15-14(9-2-4-10(21)5-3-9)16(24)30(13-7-6-11(22)8-12(13)23)17(15)28-19(29-18)20(25,26)27/h2-8H,1H3. The number of fused-ring (bicyclic) bond motifs is 1. The zero-order valence-electron chi connectivity index (χ0n) is 15.4. The normalized spacial score (nSPS) is 11.9. The van der Waals surface area contributed by atoms with E-state index in [4.69, 9.17) is 74.3 Å². The van der Waals surface area contributed by atoms with Crippen LogP contribution >= 0.6 is 85.5 Å². The number of nitrogens with zero attached hydrogens (tertiary/aromatic N) is 3. The fourth-order valence-corrected chi connectivity index (χ4v) is 4.54. The van der Waals surface area contributed by atoms with Gasteiger partial charge in [-0.2, -0.15) is 4.98 Å². The Kier molecular flexibility index (Phi) is 6.59. The molecule has 2 aromatic carbocycles. The van der Waals surface area contributed by atoms with E-state index in [9.17, 15) is 0 Å². The summed E-state index contributed by atoms with van der Waals surface area (Å²) in [6.07, 6.45) is 0. The topological polar surface area (TPSA) is 39.9 Å². The van der Waals surface area contributed by atoms with Crippen molar-refractivity contribution in [2.75, 3.05) is 7.11 Å². The van der Waals surface area contributed by atoms with Gasteiger partial charge in [0.15, 0.2) is 11.5 Å². The number of methoxy groups -OCH3 is 1. The Labute approximate surface area is 216 Å². The molecule has 0 saturated carbocycles. The van der Waals surface area contributed by atoms with Gasteiger partial charge in [0.2, 0.25) is 9.67 Å². The Morgan fingerprint density at radius 2 is 1.65 bits per heavy atom. The van der Waals surface area contributed by atoms with Crippen LogP contribution in [-0.2, 0) is 3.79 Å². The second kappa shape index (κ2) is 8.79. The summed E-state index contributed by atoms with van der Waals surface area (Å²) in [5.41, 5.74) is 2.36. The number of hydrogen-bond acceptors (Lipinski definition) is 3. The molecule has 160 valence electrons. The van der Waals surface area contributed by atoms with Crippen molar-refractivity contribution >= 4 is 96.6 Å². The van der Waals surface area contributed by atoms with Crippen LogP contribution in [0.1, 0.15) is 5.82 Å². The molecule has 2 aromatic heterocycles. The molecule has 0 amide bonds. The van der Waals surface area contributed by atoms with Gasteiger partial charge in [0, 0.05) is 15.1 Å². The van der Waals surface area contributed by atoms with Crippen molar-refractivity contribution in [2.45, 2.75) is 3.79 Å². The number of rotatable bonds is 3. The molecule has 0 aliphatic rings. The molecule has 4 nitrogen and oxygen atoms in total. The average molecular weight is 601 g/mol. The number of ether oxygens (including phenoxy) is 1. The smallest absolute Gasteiger partial charge is 0.250 e. The number of halogens is 7. The lowest BCUT2D eigenvalue weighted by Gasteiger charge is -2.13. The summed E-state index contributed by atoms with van der Waals surface area (Å²) >= 11 is 41.2. The van der Waals surface area contributed by atoms with Crippen LogP contribution in [0.5, 0.6) is 5.88 Å². The highest BCUT2D eigenvalue weighted by Crippen LogP contribution is 2.46. The summed E-state index contributed by atoms with van der Waals surface area (Å²) in [6.45, 7) is 0. The van der Waals surface area contributed by atoms with E-state index in [1.807, 2.05) is 24.3 Å². The SMILES string of the molecule is COc1nc(C(Cl)(Cl)Cl)nc2c1c(-c1ccc(Br)cc1)c(Cl)n2-c1ccc(Cl)cc1Cl. The molecule has 0 aliphatic carbocycles. The van der Waals surface area contributed by atoms with Gasteiger partial charge >= 0.3 is 0 Å². The maximum atomic E-state index is 6.91. The fourth-order valence-electron chi connectivity index (χ4n) is 3.15. The molecule has 0 fully saturated rings. The number of hydrogen-bond donors (Lipinski definition) is 0. The minimum Gasteiger partial charge on any atom is -0.480 e. The molecule has 0 spiro atoms. The fraction of sp³-hybridized carbons (Fsp3) is 0.100. The van der Waals surface area contributed by atoms with Crippen molar-refractivity contribution in [2.24, 2.45) is 0 Å². The number of benzene rings is 2. The summed E-state index contributed by atoms with van der Waals surface area (Å²) in [5.74, 6) is 0.139. The van der Waals surface area contributed by atoms with Gasteiger partial charge in [-0.25, -0.2) is 4.98 Å². The van der Waals surface area contributed by atoms with Crippen LogP contribution in [-0.4, -0.2) is 21.6 Å². The second-order valence-electron chi connectivity index (χ2n) is 6.36. The Hall–Kier alpha value is -0.920. The first-order valence-corrected chi connectivity index (χ1v) is 11.6. The Morgan fingerprint density at radius 3 is 2.23 bits per heavy atom. The highest BCUT2D eigenvalue weighted by atomic mass is 79.9. The van der Waals surface area contributed by atoms with E-state index < -0.39 is 3.79 Å². The van der Waals surface area contributed by atoms with Gasteiger partial charge < -0.3 is 4.74 Å².